The van der Waals surface area contributed by atoms with E-state index in [4.69, 9.17) is 9.15 Å². The molecular weight excluding hydrogens is 326 g/mol. The van der Waals surface area contributed by atoms with Crippen LogP contribution in [-0.4, -0.2) is 22.4 Å². The van der Waals surface area contributed by atoms with Crippen molar-refractivity contribution in [2.24, 2.45) is 0 Å². The Balaban J connectivity index is 1.38. The molecule has 5 nitrogen and oxygen atoms in total. The number of para-hydroxylation sites is 2. The van der Waals surface area contributed by atoms with Crippen LogP contribution in [0, 0.1) is 0 Å². The minimum atomic E-state index is -0.435. The molecule has 6 heteroatoms. The minimum absolute atomic E-state index is 0.148. The van der Waals surface area contributed by atoms with Crippen LogP contribution in [0.15, 0.2) is 62.6 Å². The van der Waals surface area contributed by atoms with Crippen molar-refractivity contribution in [2.75, 3.05) is 6.61 Å². The molecule has 0 amide bonds. The average molecular weight is 341 g/mol. The van der Waals surface area contributed by atoms with Gasteiger partial charge in [0.05, 0.1) is 12.1 Å². The van der Waals surface area contributed by atoms with Gasteiger partial charge in [0, 0.05) is 4.90 Å². The van der Waals surface area contributed by atoms with Crippen LogP contribution in [0.2, 0.25) is 0 Å². The number of hydrogen-bond donors (Lipinski definition) is 0. The van der Waals surface area contributed by atoms with Gasteiger partial charge in [-0.15, -0.1) is 11.8 Å². The maximum Gasteiger partial charge on any atom is 0.420 e. The van der Waals surface area contributed by atoms with Crippen molar-refractivity contribution in [3.8, 4) is 0 Å². The highest BCUT2D eigenvalue weighted by Gasteiger charge is 2.29. The maximum absolute atomic E-state index is 12.2. The van der Waals surface area contributed by atoms with Crippen molar-refractivity contribution >= 4 is 28.8 Å². The summed E-state index contributed by atoms with van der Waals surface area (Å²) in [6, 6.07) is 15.2. The lowest BCUT2D eigenvalue weighted by Crippen LogP contribution is -2.24. The summed E-state index contributed by atoms with van der Waals surface area (Å²) in [7, 11) is 0. The number of rotatable bonds is 4. The number of oxazole rings is 1. The molecule has 0 bridgehead atoms. The standard InChI is InChI=1S/C18H15NO4S/c20-17(16-11-12-5-1-4-8-15(12)24-16)22-10-9-19-13-6-2-3-7-14(13)23-18(19)21/h1-8,16H,9-11H2. The van der Waals surface area contributed by atoms with Crippen molar-refractivity contribution in [3.63, 3.8) is 0 Å². The number of fused-ring (bicyclic) bond motifs is 2. The van der Waals surface area contributed by atoms with Gasteiger partial charge in [-0.25, -0.2) is 4.79 Å². The zero-order valence-corrected chi connectivity index (χ0v) is 13.6. The zero-order valence-electron chi connectivity index (χ0n) is 12.8. The molecule has 0 radical (unpaired) electrons. The predicted octanol–water partition coefficient (Wildman–Crippen LogP) is 2.85. The molecular formula is C18H15NO4S. The molecule has 0 spiro atoms. The number of hydrogen-bond acceptors (Lipinski definition) is 5. The molecule has 0 fully saturated rings. The average Bonchev–Trinajstić information content (AvgIpc) is 3.16. The molecule has 4 rings (SSSR count). The van der Waals surface area contributed by atoms with Gasteiger partial charge >= 0.3 is 11.7 Å². The Kier molecular flexibility index (Phi) is 3.90. The first-order valence-electron chi connectivity index (χ1n) is 7.72. The lowest BCUT2D eigenvalue weighted by Gasteiger charge is -2.09. The highest BCUT2D eigenvalue weighted by molar-refractivity contribution is 8.01. The smallest absolute Gasteiger partial charge is 0.420 e. The lowest BCUT2D eigenvalue weighted by atomic mass is 10.1. The predicted molar refractivity (Wildman–Crippen MR) is 91.2 cm³/mol. The van der Waals surface area contributed by atoms with Crippen LogP contribution in [0.25, 0.3) is 11.1 Å². The third-order valence-corrected chi connectivity index (χ3v) is 5.34. The first kappa shape index (κ1) is 15.1. The van der Waals surface area contributed by atoms with Crippen LogP contribution in [0.5, 0.6) is 0 Å². The number of nitrogens with zero attached hydrogens (tertiary/aromatic N) is 1. The number of ether oxygens (including phenoxy) is 1. The number of carbonyl (C=O) groups excluding carboxylic acids is 1. The second kappa shape index (κ2) is 6.20. The summed E-state index contributed by atoms with van der Waals surface area (Å²) in [5.74, 6) is -0.674. The highest BCUT2D eigenvalue weighted by atomic mass is 32.2. The van der Waals surface area contributed by atoms with E-state index in [1.807, 2.05) is 42.5 Å². The molecule has 0 saturated heterocycles. The van der Waals surface area contributed by atoms with Gasteiger partial charge in [-0.3, -0.25) is 9.36 Å². The Morgan fingerprint density at radius 1 is 1.21 bits per heavy atom. The van der Waals surface area contributed by atoms with Crippen LogP contribution >= 0.6 is 11.8 Å². The monoisotopic (exact) mass is 341 g/mol. The van der Waals surface area contributed by atoms with Crippen LogP contribution in [0.3, 0.4) is 0 Å². The van der Waals surface area contributed by atoms with E-state index in [1.165, 1.54) is 21.9 Å². The molecule has 122 valence electrons. The molecule has 1 aliphatic rings. The fraction of sp³-hybridized carbons (Fsp3) is 0.222. The van der Waals surface area contributed by atoms with Gasteiger partial charge in [0.15, 0.2) is 5.58 Å². The fourth-order valence-electron chi connectivity index (χ4n) is 2.87. The van der Waals surface area contributed by atoms with Gasteiger partial charge in [-0.2, -0.15) is 0 Å². The minimum Gasteiger partial charge on any atom is -0.463 e. The van der Waals surface area contributed by atoms with Gasteiger partial charge in [-0.05, 0) is 30.2 Å². The van der Waals surface area contributed by atoms with Crippen molar-refractivity contribution in [2.45, 2.75) is 23.1 Å². The first-order valence-corrected chi connectivity index (χ1v) is 8.60. The molecule has 2 heterocycles. The number of thioether (sulfide) groups is 1. The highest BCUT2D eigenvalue weighted by Crippen LogP contribution is 2.37. The first-order chi connectivity index (χ1) is 11.7. The second-order valence-corrected chi connectivity index (χ2v) is 6.82. The van der Waals surface area contributed by atoms with E-state index in [-0.39, 0.29) is 24.4 Å². The number of carbonyl (C=O) groups is 1. The Morgan fingerprint density at radius 2 is 2.00 bits per heavy atom. The molecule has 24 heavy (non-hydrogen) atoms. The van der Waals surface area contributed by atoms with E-state index in [1.54, 1.807) is 6.07 Å². The second-order valence-electron chi connectivity index (χ2n) is 5.57. The molecule has 1 aliphatic heterocycles. The number of aromatic nitrogens is 1. The Labute approximate surface area is 142 Å². The summed E-state index contributed by atoms with van der Waals surface area (Å²) in [5, 5.41) is -0.208. The van der Waals surface area contributed by atoms with E-state index in [9.17, 15) is 9.59 Å². The van der Waals surface area contributed by atoms with E-state index in [2.05, 4.69) is 0 Å². The third kappa shape index (κ3) is 2.73. The van der Waals surface area contributed by atoms with Crippen LogP contribution < -0.4 is 5.76 Å². The van der Waals surface area contributed by atoms with Gasteiger partial charge in [0.1, 0.15) is 11.9 Å². The zero-order chi connectivity index (χ0) is 16.5. The number of esters is 1. The van der Waals surface area contributed by atoms with Crippen molar-refractivity contribution in [1.29, 1.82) is 0 Å². The molecule has 3 aromatic rings. The van der Waals surface area contributed by atoms with Gasteiger partial charge < -0.3 is 9.15 Å². The Morgan fingerprint density at radius 3 is 2.88 bits per heavy atom. The van der Waals surface area contributed by atoms with Crippen LogP contribution in [-0.2, 0) is 22.5 Å². The molecule has 0 N–H and O–H groups in total. The summed E-state index contributed by atoms with van der Waals surface area (Å²) >= 11 is 1.54. The Bertz CT molecular complexity index is 934. The quantitative estimate of drug-likeness (QED) is 0.683. The van der Waals surface area contributed by atoms with Crippen molar-refractivity contribution in [3.05, 3.63) is 64.6 Å². The van der Waals surface area contributed by atoms with E-state index >= 15 is 0 Å². The summed E-state index contributed by atoms with van der Waals surface area (Å²) in [6.07, 6.45) is 0.689. The normalized spacial score (nSPS) is 16.2. The van der Waals surface area contributed by atoms with E-state index in [0.29, 0.717) is 17.5 Å². The van der Waals surface area contributed by atoms with Gasteiger partial charge in [0.2, 0.25) is 0 Å². The fourth-order valence-corrected chi connectivity index (χ4v) is 4.06. The van der Waals surface area contributed by atoms with Crippen molar-refractivity contribution in [1.82, 2.24) is 4.57 Å². The van der Waals surface area contributed by atoms with Gasteiger partial charge in [0.25, 0.3) is 0 Å². The summed E-state index contributed by atoms with van der Waals surface area (Å²) in [4.78, 5) is 25.2. The topological polar surface area (TPSA) is 61.4 Å². The van der Waals surface area contributed by atoms with E-state index in [0.717, 1.165) is 4.90 Å². The molecule has 0 saturated carbocycles. The van der Waals surface area contributed by atoms with Gasteiger partial charge in [-0.1, -0.05) is 30.3 Å². The Hall–Kier alpha value is -2.47. The summed E-state index contributed by atoms with van der Waals surface area (Å²) in [6.45, 7) is 0.432. The lowest BCUT2D eigenvalue weighted by molar-refractivity contribution is -0.143. The molecule has 1 atom stereocenters. The number of benzene rings is 2. The van der Waals surface area contributed by atoms with Crippen molar-refractivity contribution < 1.29 is 13.9 Å². The molecule has 1 unspecified atom stereocenters. The summed E-state index contributed by atoms with van der Waals surface area (Å²) < 4.78 is 12.0. The largest absolute Gasteiger partial charge is 0.463 e. The van der Waals surface area contributed by atoms with E-state index < -0.39 is 5.76 Å². The summed E-state index contributed by atoms with van der Waals surface area (Å²) in [5.41, 5.74) is 2.43. The maximum atomic E-state index is 12.2. The van der Waals surface area contributed by atoms with Crippen LogP contribution in [0.1, 0.15) is 5.56 Å². The third-order valence-electron chi connectivity index (χ3n) is 4.04. The molecule has 0 aliphatic carbocycles. The van der Waals surface area contributed by atoms with Crippen LogP contribution in [0.4, 0.5) is 0 Å². The molecule has 2 aromatic carbocycles. The SMILES string of the molecule is O=C(OCCn1c(=O)oc2ccccc21)C1Cc2ccccc2S1. The molecule has 1 aromatic heterocycles.